The third kappa shape index (κ3) is 2.77. The standard InChI is InChI=1S/C8H16O3/c1-6(2)11-8-3-7(4-9)10-5-8/h6-9H,3-5H2,1-2H3. The lowest BCUT2D eigenvalue weighted by Crippen LogP contribution is -2.18. The SMILES string of the molecule is CC(C)OC1COC(CO)C1. The van der Waals surface area contributed by atoms with Crippen molar-refractivity contribution in [2.75, 3.05) is 13.2 Å². The van der Waals surface area contributed by atoms with Crippen molar-refractivity contribution in [3.8, 4) is 0 Å². The zero-order chi connectivity index (χ0) is 8.27. The Labute approximate surface area is 67.3 Å². The molecule has 1 rings (SSSR count). The largest absolute Gasteiger partial charge is 0.394 e. The van der Waals surface area contributed by atoms with E-state index in [0.29, 0.717) is 6.61 Å². The van der Waals surface area contributed by atoms with E-state index >= 15 is 0 Å². The fraction of sp³-hybridized carbons (Fsp3) is 1.00. The Kier molecular flexibility index (Phi) is 3.30. The normalized spacial score (nSPS) is 31.6. The Bertz CT molecular complexity index is 114. The van der Waals surface area contributed by atoms with Crippen LogP contribution in [0.1, 0.15) is 20.3 Å². The lowest BCUT2D eigenvalue weighted by molar-refractivity contribution is -0.00104. The van der Waals surface area contributed by atoms with Gasteiger partial charge in [-0.15, -0.1) is 0 Å². The minimum absolute atomic E-state index is 0.00116. The zero-order valence-electron chi connectivity index (χ0n) is 7.12. The summed E-state index contributed by atoms with van der Waals surface area (Å²) in [4.78, 5) is 0. The molecular formula is C8H16O3. The maximum absolute atomic E-state index is 8.74. The molecule has 1 N–H and O–H groups in total. The quantitative estimate of drug-likeness (QED) is 0.655. The summed E-state index contributed by atoms with van der Waals surface area (Å²) in [5, 5.41) is 8.74. The maximum Gasteiger partial charge on any atom is 0.0837 e. The third-order valence-corrected chi connectivity index (χ3v) is 1.71. The van der Waals surface area contributed by atoms with Gasteiger partial charge in [0.15, 0.2) is 0 Å². The lowest BCUT2D eigenvalue weighted by atomic mass is 10.2. The minimum atomic E-state index is -0.00116. The van der Waals surface area contributed by atoms with Crippen molar-refractivity contribution in [2.45, 2.75) is 38.6 Å². The van der Waals surface area contributed by atoms with Gasteiger partial charge in [0.2, 0.25) is 0 Å². The molecular weight excluding hydrogens is 144 g/mol. The van der Waals surface area contributed by atoms with E-state index in [2.05, 4.69) is 0 Å². The number of ether oxygens (including phenoxy) is 2. The third-order valence-electron chi connectivity index (χ3n) is 1.71. The summed E-state index contributed by atoms with van der Waals surface area (Å²) in [7, 11) is 0. The van der Waals surface area contributed by atoms with Gasteiger partial charge in [-0.25, -0.2) is 0 Å². The monoisotopic (exact) mass is 160 g/mol. The van der Waals surface area contributed by atoms with Gasteiger partial charge in [0, 0.05) is 6.42 Å². The van der Waals surface area contributed by atoms with E-state index in [1.807, 2.05) is 13.8 Å². The summed E-state index contributed by atoms with van der Waals surface area (Å²) >= 11 is 0. The summed E-state index contributed by atoms with van der Waals surface area (Å²) in [5.41, 5.74) is 0. The number of aliphatic hydroxyl groups excluding tert-OH is 1. The molecule has 1 heterocycles. The van der Waals surface area contributed by atoms with Gasteiger partial charge in [0.25, 0.3) is 0 Å². The molecule has 11 heavy (non-hydrogen) atoms. The first-order chi connectivity index (χ1) is 5.22. The van der Waals surface area contributed by atoms with Crippen molar-refractivity contribution in [3.05, 3.63) is 0 Å². The smallest absolute Gasteiger partial charge is 0.0837 e. The molecule has 0 amide bonds. The topological polar surface area (TPSA) is 38.7 Å². The fourth-order valence-corrected chi connectivity index (χ4v) is 1.28. The van der Waals surface area contributed by atoms with Crippen molar-refractivity contribution in [2.24, 2.45) is 0 Å². The van der Waals surface area contributed by atoms with Crippen molar-refractivity contribution in [1.82, 2.24) is 0 Å². The number of rotatable bonds is 3. The average molecular weight is 160 g/mol. The van der Waals surface area contributed by atoms with E-state index in [1.54, 1.807) is 0 Å². The molecule has 66 valence electrons. The molecule has 1 fully saturated rings. The molecule has 1 aliphatic heterocycles. The molecule has 3 nitrogen and oxygen atoms in total. The molecule has 2 atom stereocenters. The second-order valence-corrected chi connectivity index (χ2v) is 3.18. The van der Waals surface area contributed by atoms with E-state index in [0.717, 1.165) is 6.42 Å². The van der Waals surface area contributed by atoms with Crippen LogP contribution in [0.4, 0.5) is 0 Å². The summed E-state index contributed by atoms with van der Waals surface area (Å²) in [6, 6.07) is 0. The van der Waals surface area contributed by atoms with E-state index < -0.39 is 0 Å². The Hall–Kier alpha value is -0.120. The van der Waals surface area contributed by atoms with Crippen LogP contribution in [-0.2, 0) is 9.47 Å². The van der Waals surface area contributed by atoms with Crippen LogP contribution in [0.5, 0.6) is 0 Å². The van der Waals surface area contributed by atoms with Gasteiger partial charge in [-0.3, -0.25) is 0 Å². The molecule has 0 aromatic heterocycles. The molecule has 0 spiro atoms. The van der Waals surface area contributed by atoms with Crippen molar-refractivity contribution in [3.63, 3.8) is 0 Å². The minimum Gasteiger partial charge on any atom is -0.394 e. The highest BCUT2D eigenvalue weighted by atomic mass is 16.6. The van der Waals surface area contributed by atoms with Gasteiger partial charge >= 0.3 is 0 Å². The Morgan fingerprint density at radius 1 is 1.64 bits per heavy atom. The summed E-state index contributed by atoms with van der Waals surface area (Å²) in [5.74, 6) is 0. The van der Waals surface area contributed by atoms with Crippen LogP contribution in [0.2, 0.25) is 0 Å². The van der Waals surface area contributed by atoms with Crippen LogP contribution >= 0.6 is 0 Å². The van der Waals surface area contributed by atoms with Crippen molar-refractivity contribution in [1.29, 1.82) is 0 Å². The van der Waals surface area contributed by atoms with Gasteiger partial charge in [-0.05, 0) is 13.8 Å². The zero-order valence-corrected chi connectivity index (χ0v) is 7.12. The van der Waals surface area contributed by atoms with E-state index in [-0.39, 0.29) is 24.9 Å². The molecule has 0 aromatic carbocycles. The molecule has 0 bridgehead atoms. The fourth-order valence-electron chi connectivity index (χ4n) is 1.28. The molecule has 2 unspecified atom stereocenters. The second-order valence-electron chi connectivity index (χ2n) is 3.18. The predicted molar refractivity (Wildman–Crippen MR) is 41.5 cm³/mol. The first kappa shape index (κ1) is 8.97. The summed E-state index contributed by atoms with van der Waals surface area (Å²) < 4.78 is 10.7. The highest BCUT2D eigenvalue weighted by molar-refractivity contribution is 4.73. The van der Waals surface area contributed by atoms with E-state index in [4.69, 9.17) is 14.6 Å². The van der Waals surface area contributed by atoms with E-state index in [1.165, 1.54) is 0 Å². The Morgan fingerprint density at radius 2 is 2.36 bits per heavy atom. The molecule has 3 heteroatoms. The number of hydrogen-bond acceptors (Lipinski definition) is 3. The van der Waals surface area contributed by atoms with Crippen molar-refractivity contribution >= 4 is 0 Å². The van der Waals surface area contributed by atoms with Gasteiger partial charge in [0.1, 0.15) is 0 Å². The predicted octanol–water partition coefficient (Wildman–Crippen LogP) is 0.561. The summed E-state index contributed by atoms with van der Waals surface area (Å²) in [6.45, 7) is 4.75. The molecule has 1 aliphatic rings. The van der Waals surface area contributed by atoms with Gasteiger partial charge in [-0.1, -0.05) is 0 Å². The molecule has 1 saturated heterocycles. The first-order valence-electron chi connectivity index (χ1n) is 4.10. The van der Waals surface area contributed by atoms with Crippen LogP contribution in [-0.4, -0.2) is 36.6 Å². The lowest BCUT2D eigenvalue weighted by Gasteiger charge is -2.12. The number of hydrogen-bond donors (Lipinski definition) is 1. The van der Waals surface area contributed by atoms with Gasteiger partial charge in [-0.2, -0.15) is 0 Å². The van der Waals surface area contributed by atoms with Gasteiger partial charge < -0.3 is 14.6 Å². The van der Waals surface area contributed by atoms with E-state index in [9.17, 15) is 0 Å². The van der Waals surface area contributed by atoms with Crippen LogP contribution in [0.25, 0.3) is 0 Å². The number of aliphatic hydroxyl groups is 1. The molecule has 0 radical (unpaired) electrons. The van der Waals surface area contributed by atoms with Crippen molar-refractivity contribution < 1.29 is 14.6 Å². The second kappa shape index (κ2) is 4.04. The molecule has 0 saturated carbocycles. The Balaban J connectivity index is 2.19. The maximum atomic E-state index is 8.74. The van der Waals surface area contributed by atoms with Crippen LogP contribution in [0, 0.1) is 0 Å². The van der Waals surface area contributed by atoms with Crippen LogP contribution in [0.3, 0.4) is 0 Å². The average Bonchev–Trinajstić information content (AvgIpc) is 2.34. The van der Waals surface area contributed by atoms with Gasteiger partial charge in [0.05, 0.1) is 31.5 Å². The summed E-state index contributed by atoms with van der Waals surface area (Å²) in [6.07, 6.45) is 1.27. The Morgan fingerprint density at radius 3 is 2.82 bits per heavy atom. The highest BCUT2D eigenvalue weighted by Crippen LogP contribution is 2.16. The highest BCUT2D eigenvalue weighted by Gasteiger charge is 2.25. The first-order valence-corrected chi connectivity index (χ1v) is 4.10. The van der Waals surface area contributed by atoms with Crippen LogP contribution < -0.4 is 0 Å². The molecule has 0 aromatic rings. The van der Waals surface area contributed by atoms with Crippen LogP contribution in [0.15, 0.2) is 0 Å². The molecule has 0 aliphatic carbocycles.